The standard InChI is InChI=1S/C6H13O.Tb/c1-3-5-6-7-4-2;/h1,3-6H2,2H3;/q-1;. The summed E-state index contributed by atoms with van der Waals surface area (Å²) in [7, 11) is 0. The Hall–Kier alpha value is 1.25. The van der Waals surface area contributed by atoms with Gasteiger partial charge in [0.2, 0.25) is 0 Å². The van der Waals surface area contributed by atoms with Crippen LogP contribution in [-0.2, 0) is 4.74 Å². The summed E-state index contributed by atoms with van der Waals surface area (Å²) in [5.41, 5.74) is 0. The normalized spacial score (nSPS) is 8.25. The van der Waals surface area contributed by atoms with Crippen molar-refractivity contribution >= 4 is 0 Å². The Labute approximate surface area is 82.6 Å². The fourth-order valence-corrected chi connectivity index (χ4v) is 0.348. The van der Waals surface area contributed by atoms with E-state index in [-0.39, 0.29) is 38.6 Å². The van der Waals surface area contributed by atoms with Gasteiger partial charge in [-0.3, -0.25) is 0 Å². The van der Waals surface area contributed by atoms with E-state index in [0.717, 1.165) is 26.1 Å². The van der Waals surface area contributed by atoms with Crippen LogP contribution in [0.4, 0.5) is 0 Å². The molecule has 0 spiro atoms. The molecule has 0 aromatic rings. The summed E-state index contributed by atoms with van der Waals surface area (Å²) >= 11 is 0. The van der Waals surface area contributed by atoms with Gasteiger partial charge >= 0.3 is 0 Å². The fraction of sp³-hybridized carbons (Fsp3) is 0.833. The van der Waals surface area contributed by atoms with Crippen LogP contribution >= 0.6 is 0 Å². The van der Waals surface area contributed by atoms with Crippen molar-refractivity contribution in [3.63, 3.8) is 0 Å². The minimum absolute atomic E-state index is 0. The largest absolute Gasteiger partial charge is 0.382 e. The first-order valence-electron chi connectivity index (χ1n) is 2.78. The van der Waals surface area contributed by atoms with Crippen molar-refractivity contribution in [2.24, 2.45) is 0 Å². The van der Waals surface area contributed by atoms with Gasteiger partial charge in [0.1, 0.15) is 0 Å². The Balaban J connectivity index is 0. The molecule has 0 aromatic carbocycles. The number of hydrogen-bond donors (Lipinski definition) is 0. The van der Waals surface area contributed by atoms with Crippen molar-refractivity contribution in [3.8, 4) is 0 Å². The Morgan fingerprint density at radius 1 is 1.50 bits per heavy atom. The van der Waals surface area contributed by atoms with Crippen molar-refractivity contribution in [2.45, 2.75) is 19.8 Å². The number of ether oxygens (including phenoxy) is 1. The van der Waals surface area contributed by atoms with Crippen molar-refractivity contribution in [1.82, 2.24) is 0 Å². The summed E-state index contributed by atoms with van der Waals surface area (Å²) in [5, 5.41) is 0. The number of rotatable bonds is 4. The van der Waals surface area contributed by atoms with Gasteiger partial charge in [0.15, 0.2) is 0 Å². The van der Waals surface area contributed by atoms with Crippen molar-refractivity contribution < 1.29 is 43.3 Å². The monoisotopic (exact) mass is 260 g/mol. The molecule has 0 saturated heterocycles. The van der Waals surface area contributed by atoms with Crippen LogP contribution < -0.4 is 0 Å². The van der Waals surface area contributed by atoms with Gasteiger partial charge in [0.05, 0.1) is 0 Å². The molecule has 0 aliphatic heterocycles. The Morgan fingerprint density at radius 2 is 2.12 bits per heavy atom. The molecule has 1 nitrogen and oxygen atoms in total. The van der Waals surface area contributed by atoms with Gasteiger partial charge in [-0.05, 0) is 6.92 Å². The van der Waals surface area contributed by atoms with Crippen molar-refractivity contribution in [3.05, 3.63) is 6.92 Å². The molecule has 0 aromatic heterocycles. The van der Waals surface area contributed by atoms with E-state index in [0.29, 0.717) is 0 Å². The molecule has 0 heterocycles. The average Bonchev–Trinajstić information content (AvgIpc) is 1.69. The zero-order valence-corrected chi connectivity index (χ0v) is 7.42. The fourth-order valence-electron chi connectivity index (χ4n) is 0.348. The van der Waals surface area contributed by atoms with E-state index in [2.05, 4.69) is 6.92 Å². The summed E-state index contributed by atoms with van der Waals surface area (Å²) in [5.74, 6) is 0. The SMILES string of the molecule is [CH2-]CCCOCC.[Tb]. The van der Waals surface area contributed by atoms with E-state index in [9.17, 15) is 0 Å². The van der Waals surface area contributed by atoms with Crippen molar-refractivity contribution in [2.75, 3.05) is 13.2 Å². The number of unbranched alkanes of at least 4 members (excludes halogenated alkanes) is 1. The minimum Gasteiger partial charge on any atom is -0.382 e. The van der Waals surface area contributed by atoms with Crippen LogP contribution in [0.15, 0.2) is 0 Å². The predicted octanol–water partition coefficient (Wildman–Crippen LogP) is 1.64. The third kappa shape index (κ3) is 10.3. The quantitative estimate of drug-likeness (QED) is 0.551. The first-order valence-corrected chi connectivity index (χ1v) is 2.78. The first kappa shape index (κ1) is 12.0. The van der Waals surface area contributed by atoms with Gasteiger partial charge in [0.25, 0.3) is 0 Å². The van der Waals surface area contributed by atoms with E-state index >= 15 is 0 Å². The second-order valence-corrected chi connectivity index (χ2v) is 1.40. The van der Waals surface area contributed by atoms with E-state index in [1.54, 1.807) is 0 Å². The maximum atomic E-state index is 5.03. The molecule has 8 heavy (non-hydrogen) atoms. The molecular weight excluding hydrogens is 247 g/mol. The van der Waals surface area contributed by atoms with Crippen LogP contribution in [0.3, 0.4) is 0 Å². The molecule has 0 aliphatic rings. The Bertz CT molecular complexity index is 27.7. The molecule has 0 atom stereocenters. The molecule has 0 aliphatic carbocycles. The third-order valence-corrected chi connectivity index (χ3v) is 0.743. The van der Waals surface area contributed by atoms with E-state index < -0.39 is 0 Å². The topological polar surface area (TPSA) is 9.23 Å². The maximum absolute atomic E-state index is 5.03. The average molecular weight is 260 g/mol. The van der Waals surface area contributed by atoms with Crippen LogP contribution in [0.2, 0.25) is 0 Å². The van der Waals surface area contributed by atoms with Crippen LogP contribution in [-0.4, -0.2) is 13.2 Å². The molecule has 0 amide bonds. The second-order valence-electron chi connectivity index (χ2n) is 1.40. The predicted molar refractivity (Wildman–Crippen MR) is 31.1 cm³/mol. The Kier molecular flexibility index (Phi) is 16.6. The third-order valence-electron chi connectivity index (χ3n) is 0.743. The van der Waals surface area contributed by atoms with E-state index in [1.807, 2.05) is 6.92 Å². The molecular formula is C6H13OTb-. The zero-order chi connectivity index (χ0) is 5.54. The summed E-state index contributed by atoms with van der Waals surface area (Å²) in [6, 6.07) is 0. The molecule has 1 radical (unpaired) electrons. The molecule has 0 N–H and O–H groups in total. The van der Waals surface area contributed by atoms with Crippen LogP contribution in [0.1, 0.15) is 19.8 Å². The van der Waals surface area contributed by atoms with Gasteiger partial charge in [-0.2, -0.15) is 6.42 Å². The first-order chi connectivity index (χ1) is 3.41. The molecule has 0 fully saturated rings. The summed E-state index contributed by atoms with van der Waals surface area (Å²) in [6.45, 7) is 7.39. The van der Waals surface area contributed by atoms with Gasteiger partial charge in [-0.15, -0.1) is 0 Å². The molecule has 0 saturated carbocycles. The smallest absolute Gasteiger partial charge is 0.0441 e. The maximum Gasteiger partial charge on any atom is 0.0441 e. The summed E-state index contributed by atoms with van der Waals surface area (Å²) in [6.07, 6.45) is 2.08. The number of hydrogen-bond acceptors (Lipinski definition) is 1. The van der Waals surface area contributed by atoms with Gasteiger partial charge < -0.3 is 11.7 Å². The summed E-state index contributed by atoms with van der Waals surface area (Å²) < 4.78 is 5.03. The second kappa shape index (κ2) is 11.1. The van der Waals surface area contributed by atoms with Crippen LogP contribution in [0, 0.1) is 45.5 Å². The van der Waals surface area contributed by atoms with Gasteiger partial charge in [0, 0.05) is 51.8 Å². The molecule has 0 bridgehead atoms. The Morgan fingerprint density at radius 3 is 2.50 bits per heavy atom. The van der Waals surface area contributed by atoms with E-state index in [4.69, 9.17) is 4.74 Å². The molecule has 53 valence electrons. The van der Waals surface area contributed by atoms with E-state index in [1.165, 1.54) is 0 Å². The summed E-state index contributed by atoms with van der Waals surface area (Å²) in [4.78, 5) is 0. The van der Waals surface area contributed by atoms with Crippen LogP contribution in [0.25, 0.3) is 0 Å². The zero-order valence-electron chi connectivity index (χ0n) is 5.28. The van der Waals surface area contributed by atoms with Gasteiger partial charge in [-0.25, -0.2) is 0 Å². The molecule has 0 rings (SSSR count). The van der Waals surface area contributed by atoms with Gasteiger partial charge in [-0.1, -0.05) is 6.42 Å². The molecule has 2 heteroatoms. The molecule has 0 unspecified atom stereocenters. The minimum atomic E-state index is 0. The van der Waals surface area contributed by atoms with Crippen LogP contribution in [0.5, 0.6) is 0 Å². The van der Waals surface area contributed by atoms with Crippen molar-refractivity contribution in [1.29, 1.82) is 0 Å².